The molecule has 0 bridgehead atoms. The summed E-state index contributed by atoms with van der Waals surface area (Å²) in [7, 11) is 0. The third-order valence-corrected chi connectivity index (χ3v) is 2.32. The van der Waals surface area contributed by atoms with Crippen LogP contribution in [0.15, 0.2) is 0 Å². The lowest BCUT2D eigenvalue weighted by molar-refractivity contribution is -0.160. The molecule has 96 valence electrons. The Morgan fingerprint density at radius 3 is 2.31 bits per heavy atom. The van der Waals surface area contributed by atoms with Gasteiger partial charge in [0, 0.05) is 12.6 Å². The zero-order chi connectivity index (χ0) is 12.8. The molecule has 1 amide bonds. The predicted octanol–water partition coefficient (Wildman–Crippen LogP) is 1.79. The van der Waals surface area contributed by atoms with Crippen LogP contribution in [0.1, 0.15) is 27.2 Å². The summed E-state index contributed by atoms with van der Waals surface area (Å²) in [6.07, 6.45) is -3.50. The number of likely N-dealkylation sites (N-methyl/N-ethyl adjacent to an activating group) is 1. The van der Waals surface area contributed by atoms with Crippen molar-refractivity contribution < 1.29 is 18.0 Å². The number of hydrogen-bond donors (Lipinski definition) is 1. The Balaban J connectivity index is 4.11. The van der Waals surface area contributed by atoms with Gasteiger partial charge in [-0.2, -0.15) is 13.2 Å². The third kappa shape index (κ3) is 6.66. The van der Waals surface area contributed by atoms with Crippen LogP contribution in [0.4, 0.5) is 13.2 Å². The van der Waals surface area contributed by atoms with Gasteiger partial charge in [0.2, 0.25) is 5.91 Å². The minimum absolute atomic E-state index is 0.0427. The van der Waals surface area contributed by atoms with Crippen molar-refractivity contribution in [2.45, 2.75) is 39.4 Å². The van der Waals surface area contributed by atoms with E-state index in [1.807, 2.05) is 13.8 Å². The SMILES string of the molecule is CCC(C)NCC(=O)N(CC)CC(F)(F)F. The van der Waals surface area contributed by atoms with Crippen LogP contribution in [-0.2, 0) is 4.79 Å². The summed E-state index contributed by atoms with van der Waals surface area (Å²) in [6.45, 7) is 4.21. The van der Waals surface area contributed by atoms with E-state index in [0.29, 0.717) is 0 Å². The summed E-state index contributed by atoms with van der Waals surface area (Å²) >= 11 is 0. The van der Waals surface area contributed by atoms with Crippen LogP contribution in [-0.4, -0.2) is 42.7 Å². The molecule has 0 rings (SSSR count). The van der Waals surface area contributed by atoms with E-state index in [1.54, 1.807) is 0 Å². The van der Waals surface area contributed by atoms with E-state index in [9.17, 15) is 18.0 Å². The van der Waals surface area contributed by atoms with Gasteiger partial charge in [-0.15, -0.1) is 0 Å². The highest BCUT2D eigenvalue weighted by molar-refractivity contribution is 5.78. The molecule has 6 heteroatoms. The molecule has 0 saturated heterocycles. The van der Waals surface area contributed by atoms with Gasteiger partial charge in [-0.25, -0.2) is 0 Å². The molecule has 0 heterocycles. The summed E-state index contributed by atoms with van der Waals surface area (Å²) < 4.78 is 36.3. The Bertz CT molecular complexity index is 219. The number of alkyl halides is 3. The van der Waals surface area contributed by atoms with E-state index in [2.05, 4.69) is 5.32 Å². The van der Waals surface area contributed by atoms with E-state index in [0.717, 1.165) is 11.3 Å². The van der Waals surface area contributed by atoms with Crippen LogP contribution < -0.4 is 5.32 Å². The second-order valence-corrected chi connectivity index (χ2v) is 3.71. The van der Waals surface area contributed by atoms with Crippen molar-refractivity contribution in [2.75, 3.05) is 19.6 Å². The third-order valence-electron chi connectivity index (χ3n) is 2.32. The molecule has 0 aliphatic rings. The lowest BCUT2D eigenvalue weighted by Gasteiger charge is -2.23. The Morgan fingerprint density at radius 1 is 1.38 bits per heavy atom. The molecule has 1 N–H and O–H groups in total. The van der Waals surface area contributed by atoms with Crippen molar-refractivity contribution in [2.24, 2.45) is 0 Å². The molecule has 0 saturated carbocycles. The standard InChI is InChI=1S/C10H19F3N2O/c1-4-8(3)14-6-9(16)15(5-2)7-10(11,12)13/h8,14H,4-7H2,1-3H3. The zero-order valence-electron chi connectivity index (χ0n) is 9.90. The Labute approximate surface area is 94.0 Å². The second kappa shape index (κ2) is 6.73. The topological polar surface area (TPSA) is 32.3 Å². The van der Waals surface area contributed by atoms with Gasteiger partial charge in [-0.1, -0.05) is 6.92 Å². The summed E-state index contributed by atoms with van der Waals surface area (Å²) in [5, 5.41) is 2.87. The van der Waals surface area contributed by atoms with Gasteiger partial charge in [-0.05, 0) is 20.3 Å². The number of amides is 1. The molecule has 1 unspecified atom stereocenters. The second-order valence-electron chi connectivity index (χ2n) is 3.71. The number of carbonyl (C=O) groups excluding carboxylic acids is 1. The molecule has 0 aromatic rings. The van der Waals surface area contributed by atoms with Crippen LogP contribution in [0.25, 0.3) is 0 Å². The summed E-state index contributed by atoms with van der Waals surface area (Å²) in [6, 6.07) is 0.133. The first kappa shape index (κ1) is 15.2. The van der Waals surface area contributed by atoms with Crippen molar-refractivity contribution in [1.82, 2.24) is 10.2 Å². The van der Waals surface area contributed by atoms with E-state index in [1.165, 1.54) is 6.92 Å². The highest BCUT2D eigenvalue weighted by atomic mass is 19.4. The average Bonchev–Trinajstić information content (AvgIpc) is 2.20. The molecule has 3 nitrogen and oxygen atoms in total. The number of carbonyl (C=O) groups is 1. The zero-order valence-corrected chi connectivity index (χ0v) is 9.90. The predicted molar refractivity (Wildman–Crippen MR) is 56.1 cm³/mol. The molecular weight excluding hydrogens is 221 g/mol. The van der Waals surface area contributed by atoms with E-state index < -0.39 is 18.6 Å². The fraction of sp³-hybridized carbons (Fsp3) is 0.900. The fourth-order valence-corrected chi connectivity index (χ4v) is 1.11. The summed E-state index contributed by atoms with van der Waals surface area (Å²) in [4.78, 5) is 12.2. The number of rotatable bonds is 6. The van der Waals surface area contributed by atoms with E-state index in [4.69, 9.17) is 0 Å². The molecule has 0 fully saturated rings. The maximum absolute atomic E-state index is 12.1. The first-order chi connectivity index (χ1) is 7.30. The van der Waals surface area contributed by atoms with Gasteiger partial charge in [0.1, 0.15) is 6.54 Å². The van der Waals surface area contributed by atoms with Gasteiger partial charge in [0.25, 0.3) is 0 Å². The maximum Gasteiger partial charge on any atom is 0.406 e. The molecule has 0 aromatic heterocycles. The maximum atomic E-state index is 12.1. The Hall–Kier alpha value is -0.780. The van der Waals surface area contributed by atoms with Crippen molar-refractivity contribution in [3.8, 4) is 0 Å². The molecular formula is C10H19F3N2O. The molecule has 0 aliphatic heterocycles. The van der Waals surface area contributed by atoms with Crippen LogP contribution in [0, 0.1) is 0 Å². The molecule has 1 atom stereocenters. The van der Waals surface area contributed by atoms with Gasteiger partial charge >= 0.3 is 6.18 Å². The molecule has 16 heavy (non-hydrogen) atoms. The van der Waals surface area contributed by atoms with Crippen LogP contribution in [0.5, 0.6) is 0 Å². The molecule has 0 aliphatic carbocycles. The highest BCUT2D eigenvalue weighted by Gasteiger charge is 2.32. The lowest BCUT2D eigenvalue weighted by Crippen LogP contribution is -2.44. The van der Waals surface area contributed by atoms with Crippen LogP contribution >= 0.6 is 0 Å². The van der Waals surface area contributed by atoms with Crippen molar-refractivity contribution in [3.63, 3.8) is 0 Å². The smallest absolute Gasteiger partial charge is 0.333 e. The van der Waals surface area contributed by atoms with Gasteiger partial charge in [0.15, 0.2) is 0 Å². The highest BCUT2D eigenvalue weighted by Crippen LogP contribution is 2.16. The van der Waals surface area contributed by atoms with Crippen molar-refractivity contribution in [3.05, 3.63) is 0 Å². The van der Waals surface area contributed by atoms with Crippen LogP contribution in [0.3, 0.4) is 0 Å². The Kier molecular flexibility index (Phi) is 6.40. The average molecular weight is 240 g/mol. The molecule has 0 radical (unpaired) electrons. The first-order valence-electron chi connectivity index (χ1n) is 5.38. The van der Waals surface area contributed by atoms with Crippen molar-refractivity contribution in [1.29, 1.82) is 0 Å². The summed E-state index contributed by atoms with van der Waals surface area (Å²) in [5.74, 6) is -0.514. The molecule has 0 spiro atoms. The Morgan fingerprint density at radius 2 is 1.94 bits per heavy atom. The van der Waals surface area contributed by atoms with Crippen molar-refractivity contribution >= 4 is 5.91 Å². The lowest BCUT2D eigenvalue weighted by atomic mass is 10.2. The fourth-order valence-electron chi connectivity index (χ4n) is 1.11. The normalized spacial score (nSPS) is 13.6. The van der Waals surface area contributed by atoms with E-state index in [-0.39, 0.29) is 19.1 Å². The van der Waals surface area contributed by atoms with Gasteiger partial charge in [-0.3, -0.25) is 4.79 Å². The van der Waals surface area contributed by atoms with Crippen LogP contribution in [0.2, 0.25) is 0 Å². The monoisotopic (exact) mass is 240 g/mol. The minimum atomic E-state index is -4.33. The van der Waals surface area contributed by atoms with E-state index >= 15 is 0 Å². The molecule has 0 aromatic carbocycles. The van der Waals surface area contributed by atoms with Gasteiger partial charge < -0.3 is 10.2 Å². The number of nitrogens with one attached hydrogen (secondary N) is 1. The number of hydrogen-bond acceptors (Lipinski definition) is 2. The largest absolute Gasteiger partial charge is 0.406 e. The quantitative estimate of drug-likeness (QED) is 0.767. The summed E-state index contributed by atoms with van der Waals surface area (Å²) in [5.41, 5.74) is 0. The first-order valence-corrected chi connectivity index (χ1v) is 5.38. The number of halogens is 3. The number of nitrogens with zero attached hydrogens (tertiary/aromatic N) is 1. The van der Waals surface area contributed by atoms with Gasteiger partial charge in [0.05, 0.1) is 6.54 Å². The minimum Gasteiger partial charge on any atom is -0.333 e.